The maximum Gasteiger partial charge on any atom is 0.0674 e. The highest BCUT2D eigenvalue weighted by atomic mass is 15.0. The molecule has 3 rings (SSSR count). The maximum absolute atomic E-state index is 5.87. The lowest BCUT2D eigenvalue weighted by atomic mass is 9.36. The smallest absolute Gasteiger partial charge is 0.0674 e. The average molecular weight is 138 g/mol. The lowest BCUT2D eigenvalue weighted by molar-refractivity contribution is -0.215. The Morgan fingerprint density at radius 1 is 1.00 bits per heavy atom. The molecule has 3 aliphatic rings. The number of hydrogen-bond donors (Lipinski definition) is 2. The van der Waals surface area contributed by atoms with Gasteiger partial charge in [-0.05, 0) is 42.9 Å². The molecule has 0 spiro atoms. The Labute approximate surface area is 61.0 Å². The minimum absolute atomic E-state index is 0.258. The van der Waals surface area contributed by atoms with Gasteiger partial charge in [-0.2, -0.15) is 0 Å². The van der Waals surface area contributed by atoms with Crippen molar-refractivity contribution in [2.45, 2.75) is 24.9 Å². The fraction of sp³-hybridized carbons (Fsp3) is 1.00. The molecule has 3 fully saturated rings. The molecule has 0 amide bonds. The van der Waals surface area contributed by atoms with Crippen LogP contribution in [-0.2, 0) is 0 Å². The SMILES string of the molecule is NC1(N)CC2C3CCC3C21. The molecule has 2 nitrogen and oxygen atoms in total. The summed E-state index contributed by atoms with van der Waals surface area (Å²) in [6.07, 6.45) is 3.96. The minimum atomic E-state index is -0.258. The van der Waals surface area contributed by atoms with Crippen LogP contribution in [0.1, 0.15) is 19.3 Å². The molecule has 0 aromatic carbocycles. The minimum Gasteiger partial charge on any atom is -0.313 e. The normalized spacial score (nSPS) is 60.6. The molecular weight excluding hydrogens is 124 g/mol. The zero-order chi connectivity index (χ0) is 6.93. The van der Waals surface area contributed by atoms with E-state index < -0.39 is 0 Å². The number of hydrogen-bond acceptors (Lipinski definition) is 2. The van der Waals surface area contributed by atoms with Gasteiger partial charge in [-0.25, -0.2) is 0 Å². The van der Waals surface area contributed by atoms with Crippen molar-refractivity contribution >= 4 is 0 Å². The van der Waals surface area contributed by atoms with Gasteiger partial charge >= 0.3 is 0 Å². The number of rotatable bonds is 0. The van der Waals surface area contributed by atoms with Crippen LogP contribution < -0.4 is 11.5 Å². The van der Waals surface area contributed by atoms with Crippen molar-refractivity contribution in [2.75, 3.05) is 0 Å². The molecule has 0 bridgehead atoms. The first-order chi connectivity index (χ1) is 4.70. The van der Waals surface area contributed by atoms with Gasteiger partial charge in [-0.3, -0.25) is 0 Å². The van der Waals surface area contributed by atoms with Crippen LogP contribution in [0.15, 0.2) is 0 Å². The van der Waals surface area contributed by atoms with Gasteiger partial charge in [-0.15, -0.1) is 0 Å². The third kappa shape index (κ3) is 0.372. The van der Waals surface area contributed by atoms with Gasteiger partial charge in [0.1, 0.15) is 0 Å². The summed E-state index contributed by atoms with van der Waals surface area (Å²) in [6.45, 7) is 0. The zero-order valence-electron chi connectivity index (χ0n) is 6.09. The van der Waals surface area contributed by atoms with Crippen LogP contribution in [0.5, 0.6) is 0 Å². The van der Waals surface area contributed by atoms with Gasteiger partial charge in [-0.1, -0.05) is 0 Å². The predicted octanol–water partition coefficient (Wildman–Crippen LogP) is 0.276. The Morgan fingerprint density at radius 3 is 2.00 bits per heavy atom. The van der Waals surface area contributed by atoms with Gasteiger partial charge in [0, 0.05) is 0 Å². The zero-order valence-corrected chi connectivity index (χ0v) is 6.09. The summed E-state index contributed by atoms with van der Waals surface area (Å²) in [4.78, 5) is 0. The molecule has 0 heterocycles. The first-order valence-corrected chi connectivity index (χ1v) is 4.28. The van der Waals surface area contributed by atoms with Crippen molar-refractivity contribution in [3.8, 4) is 0 Å². The van der Waals surface area contributed by atoms with E-state index in [0.717, 1.165) is 24.2 Å². The molecule has 10 heavy (non-hydrogen) atoms. The van der Waals surface area contributed by atoms with Crippen LogP contribution in [-0.4, -0.2) is 5.66 Å². The molecule has 0 aromatic heterocycles. The Hall–Kier alpha value is -0.0800. The van der Waals surface area contributed by atoms with Crippen LogP contribution in [0.3, 0.4) is 0 Å². The van der Waals surface area contributed by atoms with Crippen molar-refractivity contribution in [3.63, 3.8) is 0 Å². The molecule has 3 saturated carbocycles. The van der Waals surface area contributed by atoms with E-state index >= 15 is 0 Å². The van der Waals surface area contributed by atoms with Crippen molar-refractivity contribution in [1.29, 1.82) is 0 Å². The molecule has 4 unspecified atom stereocenters. The van der Waals surface area contributed by atoms with E-state index in [9.17, 15) is 0 Å². The molecule has 4 N–H and O–H groups in total. The molecule has 0 aromatic rings. The van der Waals surface area contributed by atoms with E-state index in [4.69, 9.17) is 11.5 Å². The second-order valence-electron chi connectivity index (χ2n) is 4.41. The van der Waals surface area contributed by atoms with Crippen LogP contribution in [0.4, 0.5) is 0 Å². The predicted molar refractivity (Wildman–Crippen MR) is 38.9 cm³/mol. The molecule has 0 saturated heterocycles. The van der Waals surface area contributed by atoms with Crippen molar-refractivity contribution in [3.05, 3.63) is 0 Å². The van der Waals surface area contributed by atoms with E-state index in [-0.39, 0.29) is 5.66 Å². The third-order valence-corrected chi connectivity index (χ3v) is 4.07. The molecule has 0 radical (unpaired) electrons. The Kier molecular flexibility index (Phi) is 0.710. The molecule has 4 atom stereocenters. The quantitative estimate of drug-likeness (QED) is 0.472. The van der Waals surface area contributed by atoms with E-state index in [0.29, 0.717) is 5.92 Å². The highest BCUT2D eigenvalue weighted by molar-refractivity contribution is 5.18. The second kappa shape index (κ2) is 1.28. The van der Waals surface area contributed by atoms with E-state index in [1.165, 1.54) is 12.8 Å². The molecule has 3 aliphatic carbocycles. The highest BCUT2D eigenvalue weighted by Gasteiger charge is 2.67. The Morgan fingerprint density at radius 2 is 1.70 bits per heavy atom. The van der Waals surface area contributed by atoms with Gasteiger partial charge < -0.3 is 11.5 Å². The topological polar surface area (TPSA) is 52.0 Å². The van der Waals surface area contributed by atoms with Crippen molar-refractivity contribution < 1.29 is 0 Å². The van der Waals surface area contributed by atoms with Crippen LogP contribution in [0, 0.1) is 23.7 Å². The van der Waals surface area contributed by atoms with Gasteiger partial charge in [0.2, 0.25) is 0 Å². The Bertz CT molecular complexity index is 182. The van der Waals surface area contributed by atoms with Crippen LogP contribution in [0.2, 0.25) is 0 Å². The van der Waals surface area contributed by atoms with Crippen LogP contribution in [0.25, 0.3) is 0 Å². The average Bonchev–Trinajstić information content (AvgIpc) is 1.79. The summed E-state index contributed by atoms with van der Waals surface area (Å²) in [6, 6.07) is 0. The largest absolute Gasteiger partial charge is 0.313 e. The molecule has 56 valence electrons. The monoisotopic (exact) mass is 138 g/mol. The lowest BCUT2D eigenvalue weighted by Crippen LogP contribution is -2.78. The number of fused-ring (bicyclic) bond motifs is 4. The standard InChI is InChI=1S/C8H14N2/c9-8(10)3-6-4-1-2-5(4)7(6)8/h4-7H,1-3,9-10H2. The maximum atomic E-state index is 5.87. The molecular formula is C8H14N2. The number of nitrogens with two attached hydrogens (primary N) is 2. The first-order valence-electron chi connectivity index (χ1n) is 4.28. The summed E-state index contributed by atoms with van der Waals surface area (Å²) < 4.78 is 0. The summed E-state index contributed by atoms with van der Waals surface area (Å²) in [5, 5.41) is 0. The molecule has 0 aliphatic heterocycles. The fourth-order valence-corrected chi connectivity index (χ4v) is 3.43. The highest BCUT2D eigenvalue weighted by Crippen LogP contribution is 2.68. The van der Waals surface area contributed by atoms with Gasteiger partial charge in [0.05, 0.1) is 5.66 Å². The third-order valence-electron chi connectivity index (χ3n) is 4.07. The van der Waals surface area contributed by atoms with E-state index in [1.807, 2.05) is 0 Å². The van der Waals surface area contributed by atoms with Crippen LogP contribution >= 0.6 is 0 Å². The lowest BCUT2D eigenvalue weighted by Gasteiger charge is -2.72. The first kappa shape index (κ1) is 5.56. The van der Waals surface area contributed by atoms with Crippen molar-refractivity contribution in [2.24, 2.45) is 35.1 Å². The summed E-state index contributed by atoms with van der Waals surface area (Å²) in [5.41, 5.74) is 11.5. The van der Waals surface area contributed by atoms with Gasteiger partial charge in [0.15, 0.2) is 0 Å². The van der Waals surface area contributed by atoms with Gasteiger partial charge in [0.25, 0.3) is 0 Å². The Balaban J connectivity index is 1.84. The summed E-state index contributed by atoms with van der Waals surface area (Å²) in [7, 11) is 0. The van der Waals surface area contributed by atoms with E-state index in [2.05, 4.69) is 0 Å². The summed E-state index contributed by atoms with van der Waals surface area (Å²) in [5.74, 6) is 3.64. The van der Waals surface area contributed by atoms with E-state index in [1.54, 1.807) is 0 Å². The molecule has 2 heteroatoms. The fourth-order valence-electron chi connectivity index (χ4n) is 3.43. The van der Waals surface area contributed by atoms with Crippen molar-refractivity contribution in [1.82, 2.24) is 0 Å². The summed E-state index contributed by atoms with van der Waals surface area (Å²) >= 11 is 0. The second-order valence-corrected chi connectivity index (χ2v) is 4.41.